The van der Waals surface area contributed by atoms with Gasteiger partial charge in [-0.15, -0.1) is 0 Å². The number of rotatable bonds is 4. The van der Waals surface area contributed by atoms with Gasteiger partial charge in [0.1, 0.15) is 5.75 Å². The van der Waals surface area contributed by atoms with Crippen molar-refractivity contribution in [1.29, 1.82) is 0 Å². The number of carbonyl (C=O) groups is 2. The molecule has 142 valence electrons. The van der Waals surface area contributed by atoms with Crippen molar-refractivity contribution in [2.45, 2.75) is 6.92 Å². The molecule has 0 N–H and O–H groups in total. The molecule has 2 saturated heterocycles. The second-order valence-corrected chi connectivity index (χ2v) is 6.85. The molecule has 0 radical (unpaired) electrons. The first kappa shape index (κ1) is 18.5. The van der Waals surface area contributed by atoms with Crippen molar-refractivity contribution in [3.8, 4) is 5.75 Å². The van der Waals surface area contributed by atoms with Crippen LogP contribution in [0, 0.1) is 0 Å². The zero-order valence-corrected chi connectivity index (χ0v) is 15.7. The van der Waals surface area contributed by atoms with Gasteiger partial charge in [0.05, 0.1) is 13.7 Å². The zero-order valence-electron chi connectivity index (χ0n) is 15.7. The fourth-order valence-corrected chi connectivity index (χ4v) is 3.52. The molecule has 2 amide bonds. The Bertz CT molecular complexity index is 618. The normalized spacial score (nSPS) is 18.8. The quantitative estimate of drug-likeness (QED) is 0.783. The molecule has 2 heterocycles. The van der Waals surface area contributed by atoms with E-state index in [-0.39, 0.29) is 11.8 Å². The number of piperazine rings is 2. The minimum Gasteiger partial charge on any atom is -0.497 e. The Morgan fingerprint density at radius 3 is 2.00 bits per heavy atom. The number of methoxy groups -OCH3 is 1. The average Bonchev–Trinajstić information content (AvgIpc) is 2.68. The molecule has 0 unspecified atom stereocenters. The van der Waals surface area contributed by atoms with Gasteiger partial charge in [-0.1, -0.05) is 0 Å². The molecule has 0 spiro atoms. The number of anilines is 1. The van der Waals surface area contributed by atoms with Crippen LogP contribution < -0.4 is 9.64 Å². The maximum atomic E-state index is 12.5. The summed E-state index contributed by atoms with van der Waals surface area (Å²) in [4.78, 5) is 32.1. The van der Waals surface area contributed by atoms with Crippen molar-refractivity contribution in [3.63, 3.8) is 0 Å². The molecule has 0 saturated carbocycles. The maximum Gasteiger partial charge on any atom is 0.236 e. The Morgan fingerprint density at radius 1 is 0.885 bits per heavy atom. The van der Waals surface area contributed by atoms with Crippen LogP contribution in [-0.4, -0.2) is 92.5 Å². The molecule has 2 aliphatic rings. The Labute approximate surface area is 155 Å². The SMILES string of the molecule is COc1ccc(N2CCN(CC(=O)N3CCN(C(C)=O)CC3)CC2)cc1. The Kier molecular flexibility index (Phi) is 5.98. The molecule has 3 rings (SSSR count). The molecule has 1 aromatic carbocycles. The molecular formula is C19H28N4O3. The Balaban J connectivity index is 1.43. The second kappa shape index (κ2) is 8.40. The van der Waals surface area contributed by atoms with Crippen LogP contribution in [-0.2, 0) is 9.59 Å². The summed E-state index contributed by atoms with van der Waals surface area (Å²) >= 11 is 0. The lowest BCUT2D eigenvalue weighted by molar-refractivity contribution is -0.139. The van der Waals surface area contributed by atoms with E-state index in [4.69, 9.17) is 4.74 Å². The molecule has 0 atom stereocenters. The fraction of sp³-hybridized carbons (Fsp3) is 0.579. The van der Waals surface area contributed by atoms with Crippen LogP contribution in [0.25, 0.3) is 0 Å². The summed E-state index contributed by atoms with van der Waals surface area (Å²) in [7, 11) is 1.67. The number of amides is 2. The maximum absolute atomic E-state index is 12.5. The summed E-state index contributed by atoms with van der Waals surface area (Å²) in [6.45, 7) is 8.22. The number of carbonyl (C=O) groups excluding carboxylic acids is 2. The lowest BCUT2D eigenvalue weighted by Crippen LogP contribution is -2.54. The molecule has 7 nitrogen and oxygen atoms in total. The first-order chi connectivity index (χ1) is 12.6. The van der Waals surface area contributed by atoms with E-state index in [9.17, 15) is 9.59 Å². The average molecular weight is 360 g/mol. The van der Waals surface area contributed by atoms with E-state index in [2.05, 4.69) is 21.9 Å². The van der Waals surface area contributed by atoms with Gasteiger partial charge in [0, 0.05) is 65.0 Å². The summed E-state index contributed by atoms with van der Waals surface area (Å²) < 4.78 is 5.20. The first-order valence-corrected chi connectivity index (χ1v) is 9.21. The van der Waals surface area contributed by atoms with Crippen LogP contribution >= 0.6 is 0 Å². The Hall–Kier alpha value is -2.28. The van der Waals surface area contributed by atoms with Crippen molar-refractivity contribution in [1.82, 2.24) is 14.7 Å². The van der Waals surface area contributed by atoms with Crippen molar-refractivity contribution >= 4 is 17.5 Å². The van der Waals surface area contributed by atoms with Crippen LogP contribution in [0.4, 0.5) is 5.69 Å². The van der Waals surface area contributed by atoms with E-state index in [1.165, 1.54) is 5.69 Å². The molecule has 2 aliphatic heterocycles. The Morgan fingerprint density at radius 2 is 1.46 bits per heavy atom. The molecule has 0 aliphatic carbocycles. The van der Waals surface area contributed by atoms with Gasteiger partial charge in [0.25, 0.3) is 0 Å². The van der Waals surface area contributed by atoms with E-state index >= 15 is 0 Å². The van der Waals surface area contributed by atoms with Crippen LogP contribution in [0.5, 0.6) is 5.75 Å². The van der Waals surface area contributed by atoms with Crippen molar-refractivity contribution in [2.75, 3.05) is 70.9 Å². The van der Waals surface area contributed by atoms with Crippen LogP contribution in [0.3, 0.4) is 0 Å². The standard InChI is InChI=1S/C19H28N4O3/c1-16(24)21-11-13-23(14-12-21)19(25)15-20-7-9-22(10-8-20)17-3-5-18(26-2)6-4-17/h3-6H,7-15H2,1-2H3. The largest absolute Gasteiger partial charge is 0.497 e. The molecule has 0 bridgehead atoms. The highest BCUT2D eigenvalue weighted by atomic mass is 16.5. The van der Waals surface area contributed by atoms with Gasteiger partial charge in [-0.2, -0.15) is 0 Å². The molecule has 1 aromatic rings. The van der Waals surface area contributed by atoms with E-state index < -0.39 is 0 Å². The summed E-state index contributed by atoms with van der Waals surface area (Å²) in [6.07, 6.45) is 0. The highest BCUT2D eigenvalue weighted by molar-refractivity contribution is 5.79. The highest BCUT2D eigenvalue weighted by Gasteiger charge is 2.25. The third-order valence-corrected chi connectivity index (χ3v) is 5.25. The predicted octanol–water partition coefficient (Wildman–Crippen LogP) is 0.508. The third-order valence-electron chi connectivity index (χ3n) is 5.25. The van der Waals surface area contributed by atoms with Gasteiger partial charge >= 0.3 is 0 Å². The van der Waals surface area contributed by atoms with Crippen LogP contribution in [0.15, 0.2) is 24.3 Å². The van der Waals surface area contributed by atoms with Crippen LogP contribution in [0.2, 0.25) is 0 Å². The smallest absolute Gasteiger partial charge is 0.236 e. The summed E-state index contributed by atoms with van der Waals surface area (Å²) in [5.74, 6) is 1.13. The van der Waals surface area contributed by atoms with Gasteiger partial charge in [-0.3, -0.25) is 14.5 Å². The minimum absolute atomic E-state index is 0.0896. The lowest BCUT2D eigenvalue weighted by Gasteiger charge is -2.38. The van der Waals surface area contributed by atoms with E-state index in [0.717, 1.165) is 31.9 Å². The monoisotopic (exact) mass is 360 g/mol. The molecule has 7 heteroatoms. The highest BCUT2D eigenvalue weighted by Crippen LogP contribution is 2.20. The number of ether oxygens (including phenoxy) is 1. The van der Waals surface area contributed by atoms with E-state index in [1.54, 1.807) is 18.9 Å². The molecule has 0 aromatic heterocycles. The van der Waals surface area contributed by atoms with Gasteiger partial charge in [0.2, 0.25) is 11.8 Å². The minimum atomic E-state index is 0.0896. The van der Waals surface area contributed by atoms with Gasteiger partial charge in [-0.05, 0) is 24.3 Å². The van der Waals surface area contributed by atoms with Gasteiger partial charge in [-0.25, -0.2) is 0 Å². The summed E-state index contributed by atoms with van der Waals surface area (Å²) in [6, 6.07) is 8.11. The molecule has 26 heavy (non-hydrogen) atoms. The van der Waals surface area contributed by atoms with Crippen molar-refractivity contribution < 1.29 is 14.3 Å². The number of nitrogens with zero attached hydrogens (tertiary/aromatic N) is 4. The first-order valence-electron chi connectivity index (χ1n) is 9.21. The van der Waals surface area contributed by atoms with Gasteiger partial charge in [0.15, 0.2) is 0 Å². The molecule has 2 fully saturated rings. The van der Waals surface area contributed by atoms with E-state index in [1.807, 2.05) is 17.0 Å². The third kappa shape index (κ3) is 4.46. The number of benzene rings is 1. The van der Waals surface area contributed by atoms with Gasteiger partial charge < -0.3 is 19.4 Å². The number of hydrogen-bond donors (Lipinski definition) is 0. The van der Waals surface area contributed by atoms with Crippen molar-refractivity contribution in [2.24, 2.45) is 0 Å². The second-order valence-electron chi connectivity index (χ2n) is 6.85. The molecular weight excluding hydrogens is 332 g/mol. The number of hydrogen-bond acceptors (Lipinski definition) is 5. The lowest BCUT2D eigenvalue weighted by atomic mass is 10.2. The predicted molar refractivity (Wildman–Crippen MR) is 100 cm³/mol. The summed E-state index contributed by atoms with van der Waals surface area (Å²) in [5.41, 5.74) is 1.19. The topological polar surface area (TPSA) is 56.3 Å². The fourth-order valence-electron chi connectivity index (χ4n) is 3.52. The summed E-state index contributed by atoms with van der Waals surface area (Å²) in [5, 5.41) is 0. The van der Waals surface area contributed by atoms with Crippen molar-refractivity contribution in [3.05, 3.63) is 24.3 Å². The van der Waals surface area contributed by atoms with E-state index in [0.29, 0.717) is 32.7 Å². The van der Waals surface area contributed by atoms with Crippen LogP contribution in [0.1, 0.15) is 6.92 Å². The zero-order chi connectivity index (χ0) is 18.5.